The minimum atomic E-state index is 0.375. The van der Waals surface area contributed by atoms with E-state index in [1.165, 1.54) is 0 Å². The van der Waals surface area contributed by atoms with E-state index in [-0.39, 0.29) is 0 Å². The summed E-state index contributed by atoms with van der Waals surface area (Å²) in [6, 6.07) is 12.1. The van der Waals surface area contributed by atoms with Gasteiger partial charge in [0.2, 0.25) is 0 Å². The van der Waals surface area contributed by atoms with Crippen molar-refractivity contribution in [3.8, 4) is 17.0 Å². The van der Waals surface area contributed by atoms with Gasteiger partial charge in [0.05, 0.1) is 5.69 Å². The van der Waals surface area contributed by atoms with E-state index in [2.05, 4.69) is 9.72 Å². The predicted octanol–water partition coefficient (Wildman–Crippen LogP) is 2.10. The molecule has 0 amide bonds. The molecule has 2 rings (SSSR count). The lowest BCUT2D eigenvalue weighted by Crippen LogP contribution is -1.91. The molecule has 17 heavy (non-hydrogen) atoms. The molecule has 0 radical (unpaired) electrons. The zero-order chi connectivity index (χ0) is 12.1. The molecule has 4 nitrogen and oxygen atoms in total. The average Bonchev–Trinajstić information content (AvgIpc) is 2.40. The van der Waals surface area contributed by atoms with Gasteiger partial charge in [-0.2, -0.15) is 0 Å². The lowest BCUT2D eigenvalue weighted by atomic mass is 10.1. The highest BCUT2D eigenvalue weighted by molar-refractivity contribution is 5.73. The van der Waals surface area contributed by atoms with E-state index in [0.717, 1.165) is 5.56 Å². The number of aromatic nitrogens is 1. The molecule has 0 atom stereocenters. The molecule has 0 bridgehead atoms. The summed E-state index contributed by atoms with van der Waals surface area (Å²) < 4.78 is 4.68. The summed E-state index contributed by atoms with van der Waals surface area (Å²) in [4.78, 5) is 24.9. The minimum Gasteiger partial charge on any atom is -0.429 e. The predicted molar refractivity (Wildman–Crippen MR) is 61.8 cm³/mol. The van der Waals surface area contributed by atoms with Crippen LogP contribution in [0, 0.1) is 0 Å². The van der Waals surface area contributed by atoms with Gasteiger partial charge in [0.15, 0.2) is 6.29 Å². The zero-order valence-electron chi connectivity index (χ0n) is 8.87. The summed E-state index contributed by atoms with van der Waals surface area (Å²) >= 11 is 0. The first-order chi connectivity index (χ1) is 8.33. The number of ether oxygens (including phenoxy) is 1. The molecule has 0 aliphatic rings. The van der Waals surface area contributed by atoms with Crippen molar-refractivity contribution in [1.82, 2.24) is 4.98 Å². The van der Waals surface area contributed by atoms with Crippen LogP contribution in [0.5, 0.6) is 5.75 Å². The van der Waals surface area contributed by atoms with Crippen molar-refractivity contribution in [2.24, 2.45) is 0 Å². The molecule has 2 aromatic rings. The van der Waals surface area contributed by atoms with Crippen molar-refractivity contribution in [2.45, 2.75) is 0 Å². The number of carbonyl (C=O) groups excluding carboxylic acids is 2. The van der Waals surface area contributed by atoms with Crippen LogP contribution in [0.1, 0.15) is 10.5 Å². The van der Waals surface area contributed by atoms with Crippen LogP contribution in [0.15, 0.2) is 42.5 Å². The van der Waals surface area contributed by atoms with Gasteiger partial charge >= 0.3 is 0 Å². The molecule has 0 N–H and O–H groups in total. The second-order valence-corrected chi connectivity index (χ2v) is 3.30. The summed E-state index contributed by atoms with van der Waals surface area (Å²) in [5, 5.41) is 0. The van der Waals surface area contributed by atoms with Crippen LogP contribution in [0.25, 0.3) is 11.3 Å². The van der Waals surface area contributed by atoms with Crippen molar-refractivity contribution < 1.29 is 14.3 Å². The van der Waals surface area contributed by atoms with Gasteiger partial charge in [-0.1, -0.05) is 6.07 Å². The maximum Gasteiger partial charge on any atom is 0.298 e. The van der Waals surface area contributed by atoms with Crippen LogP contribution < -0.4 is 4.74 Å². The first-order valence-corrected chi connectivity index (χ1v) is 4.96. The monoisotopic (exact) mass is 227 g/mol. The Morgan fingerprint density at radius 3 is 2.41 bits per heavy atom. The number of pyridine rings is 1. The molecule has 4 heteroatoms. The molecule has 1 aromatic carbocycles. The Kier molecular flexibility index (Phi) is 3.25. The number of rotatable bonds is 4. The van der Waals surface area contributed by atoms with Gasteiger partial charge in [-0.15, -0.1) is 0 Å². The van der Waals surface area contributed by atoms with Gasteiger partial charge in [-0.3, -0.25) is 9.59 Å². The highest BCUT2D eigenvalue weighted by atomic mass is 16.5. The number of aldehydes is 1. The fourth-order valence-corrected chi connectivity index (χ4v) is 1.44. The van der Waals surface area contributed by atoms with Crippen LogP contribution >= 0.6 is 0 Å². The number of carbonyl (C=O) groups is 2. The van der Waals surface area contributed by atoms with Gasteiger partial charge in [0.1, 0.15) is 11.4 Å². The summed E-state index contributed by atoms with van der Waals surface area (Å²) in [5.74, 6) is 0.468. The van der Waals surface area contributed by atoms with Crippen LogP contribution in [0.3, 0.4) is 0 Å². The minimum absolute atomic E-state index is 0.375. The lowest BCUT2D eigenvalue weighted by Gasteiger charge is -2.02. The van der Waals surface area contributed by atoms with Gasteiger partial charge in [-0.05, 0) is 36.4 Å². The second-order valence-electron chi connectivity index (χ2n) is 3.30. The van der Waals surface area contributed by atoms with Gasteiger partial charge in [0.25, 0.3) is 6.47 Å². The molecule has 0 unspecified atom stereocenters. The van der Waals surface area contributed by atoms with E-state index in [1.54, 1.807) is 36.4 Å². The molecule has 0 aliphatic carbocycles. The standard InChI is InChI=1S/C13H9NO3/c15-8-11-2-1-3-13(14-11)10-4-6-12(7-5-10)17-9-16/h1-9H. The maximum absolute atomic E-state index is 10.6. The lowest BCUT2D eigenvalue weighted by molar-refractivity contribution is -0.120. The molecule has 1 heterocycles. The Labute approximate surface area is 97.9 Å². The third kappa shape index (κ3) is 2.55. The molecule has 0 saturated heterocycles. The van der Waals surface area contributed by atoms with Gasteiger partial charge < -0.3 is 4.74 Å². The Balaban J connectivity index is 2.32. The molecule has 0 spiro atoms. The van der Waals surface area contributed by atoms with E-state index in [4.69, 9.17) is 0 Å². The van der Waals surface area contributed by atoms with Gasteiger partial charge in [-0.25, -0.2) is 4.98 Å². The first kappa shape index (κ1) is 11.0. The van der Waals surface area contributed by atoms with E-state index >= 15 is 0 Å². The largest absolute Gasteiger partial charge is 0.429 e. The average molecular weight is 227 g/mol. The van der Waals surface area contributed by atoms with E-state index < -0.39 is 0 Å². The molecule has 0 saturated carbocycles. The third-order valence-corrected chi connectivity index (χ3v) is 2.23. The normalized spacial score (nSPS) is 9.65. The fourth-order valence-electron chi connectivity index (χ4n) is 1.44. The Morgan fingerprint density at radius 2 is 1.76 bits per heavy atom. The van der Waals surface area contributed by atoms with Crippen molar-refractivity contribution in [3.05, 3.63) is 48.2 Å². The number of benzene rings is 1. The topological polar surface area (TPSA) is 56.3 Å². The number of hydrogen-bond acceptors (Lipinski definition) is 4. The highest BCUT2D eigenvalue weighted by Gasteiger charge is 2.01. The number of hydrogen-bond donors (Lipinski definition) is 0. The summed E-state index contributed by atoms with van der Waals surface area (Å²) in [7, 11) is 0. The maximum atomic E-state index is 10.6. The van der Waals surface area contributed by atoms with Crippen LogP contribution in [-0.4, -0.2) is 17.7 Å². The van der Waals surface area contributed by atoms with Crippen LogP contribution in [-0.2, 0) is 4.79 Å². The molecule has 1 aromatic heterocycles. The quantitative estimate of drug-likeness (QED) is 0.750. The van der Waals surface area contributed by atoms with Crippen molar-refractivity contribution in [3.63, 3.8) is 0 Å². The number of nitrogens with zero attached hydrogens (tertiary/aromatic N) is 1. The van der Waals surface area contributed by atoms with Crippen molar-refractivity contribution in [2.75, 3.05) is 0 Å². The van der Waals surface area contributed by atoms with Crippen molar-refractivity contribution in [1.29, 1.82) is 0 Å². The SMILES string of the molecule is O=COc1ccc(-c2cccc(C=O)n2)cc1. The summed E-state index contributed by atoms with van der Waals surface area (Å²) in [5.41, 5.74) is 1.94. The Hall–Kier alpha value is -2.49. The third-order valence-electron chi connectivity index (χ3n) is 2.23. The van der Waals surface area contributed by atoms with Crippen LogP contribution in [0.4, 0.5) is 0 Å². The molecule has 84 valence electrons. The van der Waals surface area contributed by atoms with Gasteiger partial charge in [0, 0.05) is 5.56 Å². The van der Waals surface area contributed by atoms with Crippen molar-refractivity contribution >= 4 is 12.8 Å². The summed E-state index contributed by atoms with van der Waals surface area (Å²) in [6.07, 6.45) is 0.702. The summed E-state index contributed by atoms with van der Waals surface area (Å²) in [6.45, 7) is 0.375. The van der Waals surface area contributed by atoms with E-state index in [9.17, 15) is 9.59 Å². The van der Waals surface area contributed by atoms with E-state index in [0.29, 0.717) is 29.9 Å². The van der Waals surface area contributed by atoms with E-state index in [1.807, 2.05) is 6.07 Å². The Morgan fingerprint density at radius 1 is 1.00 bits per heavy atom. The Bertz CT molecular complexity index is 535. The molecular formula is C13H9NO3. The molecule has 0 aliphatic heterocycles. The highest BCUT2D eigenvalue weighted by Crippen LogP contribution is 2.20. The zero-order valence-corrected chi connectivity index (χ0v) is 8.87. The fraction of sp³-hybridized carbons (Fsp3) is 0. The molecular weight excluding hydrogens is 218 g/mol. The first-order valence-electron chi connectivity index (χ1n) is 4.96. The molecule has 0 fully saturated rings. The second kappa shape index (κ2) is 5.03. The smallest absolute Gasteiger partial charge is 0.298 e. The van der Waals surface area contributed by atoms with Crippen LogP contribution in [0.2, 0.25) is 0 Å².